The fraction of sp³-hybridized carbons (Fsp3) is 0.900. The van der Waals surface area contributed by atoms with E-state index in [4.69, 9.17) is 10.5 Å². The molecule has 3 N–H and O–H groups in total. The summed E-state index contributed by atoms with van der Waals surface area (Å²) >= 11 is 1.74. The molecule has 15 heavy (non-hydrogen) atoms. The molecular formula is C10H21NO3S. The lowest BCUT2D eigenvalue weighted by molar-refractivity contribution is -0.158. The van der Waals surface area contributed by atoms with Crippen LogP contribution < -0.4 is 5.73 Å². The Morgan fingerprint density at radius 2 is 2.13 bits per heavy atom. The van der Waals surface area contributed by atoms with Crippen molar-refractivity contribution in [3.05, 3.63) is 0 Å². The normalized spacial score (nSPS) is 15.1. The molecule has 0 saturated carbocycles. The maximum atomic E-state index is 11.3. The van der Waals surface area contributed by atoms with Crippen LogP contribution in [0.4, 0.5) is 0 Å². The van der Waals surface area contributed by atoms with Crippen LogP contribution in [0.25, 0.3) is 0 Å². The first-order valence-electron chi connectivity index (χ1n) is 5.20. The van der Waals surface area contributed by atoms with Gasteiger partial charge in [0.15, 0.2) is 6.10 Å². The molecule has 0 bridgehead atoms. The Bertz CT molecular complexity index is 188. The largest absolute Gasteiger partial charge is 0.461 e. The van der Waals surface area contributed by atoms with Gasteiger partial charge in [0.05, 0.1) is 6.10 Å². The summed E-state index contributed by atoms with van der Waals surface area (Å²) in [6, 6.07) is -0.532. The van der Waals surface area contributed by atoms with Crippen molar-refractivity contribution < 1.29 is 14.6 Å². The number of carbonyl (C=O) groups excluding carboxylic acids is 1. The van der Waals surface area contributed by atoms with E-state index in [9.17, 15) is 9.90 Å². The minimum absolute atomic E-state index is 0.218. The lowest BCUT2D eigenvalue weighted by Crippen LogP contribution is -2.42. The lowest BCUT2D eigenvalue weighted by atomic mass is 10.1. The molecule has 0 rings (SSSR count). The molecule has 90 valence electrons. The molecule has 0 heterocycles. The van der Waals surface area contributed by atoms with Crippen molar-refractivity contribution in [2.75, 3.05) is 11.5 Å². The van der Waals surface area contributed by atoms with Gasteiger partial charge in [0, 0.05) is 6.04 Å². The maximum absolute atomic E-state index is 11.3. The van der Waals surface area contributed by atoms with Gasteiger partial charge in [-0.15, -0.1) is 0 Å². The molecule has 5 heteroatoms. The monoisotopic (exact) mass is 235 g/mol. The Morgan fingerprint density at radius 3 is 2.60 bits per heavy atom. The average Bonchev–Trinajstić information content (AvgIpc) is 2.15. The molecule has 0 aliphatic carbocycles. The van der Waals surface area contributed by atoms with Crippen molar-refractivity contribution in [2.24, 2.45) is 5.73 Å². The van der Waals surface area contributed by atoms with Crippen LogP contribution in [0, 0.1) is 0 Å². The summed E-state index contributed by atoms with van der Waals surface area (Å²) in [6.45, 7) is 5.53. The fourth-order valence-electron chi connectivity index (χ4n) is 0.998. The Morgan fingerprint density at radius 1 is 1.53 bits per heavy atom. The second-order valence-corrected chi connectivity index (χ2v) is 4.97. The molecule has 0 saturated heterocycles. The highest BCUT2D eigenvalue weighted by Crippen LogP contribution is 2.07. The van der Waals surface area contributed by atoms with Gasteiger partial charge in [-0.1, -0.05) is 6.92 Å². The molecule has 0 spiro atoms. The summed E-state index contributed by atoms with van der Waals surface area (Å²) in [5.74, 6) is 1.24. The molecule has 0 amide bonds. The average molecular weight is 235 g/mol. The first-order valence-corrected chi connectivity index (χ1v) is 6.36. The molecular weight excluding hydrogens is 214 g/mol. The smallest absolute Gasteiger partial charge is 0.336 e. The molecule has 0 aliphatic heterocycles. The molecule has 4 nitrogen and oxygen atoms in total. The zero-order valence-corrected chi connectivity index (χ0v) is 10.4. The van der Waals surface area contributed by atoms with E-state index in [1.165, 1.54) is 0 Å². The SMILES string of the molecule is CCSCC[C@@H](N)C(O)C(=O)OC(C)C. The van der Waals surface area contributed by atoms with Crippen molar-refractivity contribution in [1.29, 1.82) is 0 Å². The summed E-state index contributed by atoms with van der Waals surface area (Å²) in [5.41, 5.74) is 5.67. The molecule has 1 unspecified atom stereocenters. The summed E-state index contributed by atoms with van der Waals surface area (Å²) in [7, 11) is 0. The number of carbonyl (C=O) groups is 1. The highest BCUT2D eigenvalue weighted by atomic mass is 32.2. The Balaban J connectivity index is 3.85. The highest BCUT2D eigenvalue weighted by molar-refractivity contribution is 7.99. The number of rotatable bonds is 7. The zero-order valence-electron chi connectivity index (χ0n) is 9.60. The highest BCUT2D eigenvalue weighted by Gasteiger charge is 2.24. The zero-order chi connectivity index (χ0) is 11.8. The van der Waals surface area contributed by atoms with Gasteiger partial charge in [-0.2, -0.15) is 11.8 Å². The van der Waals surface area contributed by atoms with E-state index in [-0.39, 0.29) is 6.10 Å². The van der Waals surface area contributed by atoms with E-state index in [0.29, 0.717) is 6.42 Å². The standard InChI is InChI=1S/C10H21NO3S/c1-4-15-6-5-8(11)9(12)10(13)14-7(2)3/h7-9,12H,4-6,11H2,1-3H3/t8-,9?/m1/s1. The molecule has 0 aromatic heterocycles. The van der Waals surface area contributed by atoms with E-state index in [1.807, 2.05) is 0 Å². The van der Waals surface area contributed by atoms with Crippen LogP contribution in [-0.4, -0.2) is 40.8 Å². The Hall–Kier alpha value is -0.260. The first kappa shape index (κ1) is 14.7. The number of aliphatic hydroxyl groups excluding tert-OH is 1. The van der Waals surface area contributed by atoms with Gasteiger partial charge in [0.1, 0.15) is 0 Å². The van der Waals surface area contributed by atoms with Gasteiger partial charge in [-0.3, -0.25) is 0 Å². The quantitative estimate of drug-likeness (QED) is 0.504. The second-order valence-electron chi connectivity index (χ2n) is 3.58. The predicted molar refractivity (Wildman–Crippen MR) is 62.8 cm³/mol. The predicted octanol–water partition coefficient (Wildman–Crippen LogP) is 0.769. The van der Waals surface area contributed by atoms with Crippen LogP contribution in [0.5, 0.6) is 0 Å². The van der Waals surface area contributed by atoms with Crippen LogP contribution in [0.15, 0.2) is 0 Å². The van der Waals surface area contributed by atoms with Gasteiger partial charge in [-0.05, 0) is 31.8 Å². The Kier molecular flexibility index (Phi) is 7.82. The molecule has 0 aromatic carbocycles. The van der Waals surface area contributed by atoms with E-state index in [0.717, 1.165) is 11.5 Å². The topological polar surface area (TPSA) is 72.5 Å². The van der Waals surface area contributed by atoms with E-state index >= 15 is 0 Å². The van der Waals surface area contributed by atoms with Gasteiger partial charge in [0.25, 0.3) is 0 Å². The lowest BCUT2D eigenvalue weighted by Gasteiger charge is -2.18. The molecule has 0 fully saturated rings. The fourth-order valence-corrected chi connectivity index (χ4v) is 1.73. The van der Waals surface area contributed by atoms with Crippen molar-refractivity contribution in [2.45, 2.75) is 45.4 Å². The van der Waals surface area contributed by atoms with Crippen molar-refractivity contribution in [1.82, 2.24) is 0 Å². The van der Waals surface area contributed by atoms with Gasteiger partial charge in [0.2, 0.25) is 0 Å². The van der Waals surface area contributed by atoms with E-state index in [2.05, 4.69) is 6.92 Å². The van der Waals surface area contributed by atoms with Crippen LogP contribution in [0.3, 0.4) is 0 Å². The van der Waals surface area contributed by atoms with Gasteiger partial charge in [-0.25, -0.2) is 4.79 Å². The number of hydrogen-bond donors (Lipinski definition) is 2. The summed E-state index contributed by atoms with van der Waals surface area (Å²) in [4.78, 5) is 11.3. The first-order chi connectivity index (χ1) is 6.99. The van der Waals surface area contributed by atoms with Crippen molar-refractivity contribution in [3.8, 4) is 0 Å². The number of nitrogens with two attached hydrogens (primary N) is 1. The molecule has 2 atom stereocenters. The van der Waals surface area contributed by atoms with Crippen LogP contribution in [0.2, 0.25) is 0 Å². The third kappa shape index (κ3) is 6.76. The van der Waals surface area contributed by atoms with Crippen molar-refractivity contribution >= 4 is 17.7 Å². The molecule has 0 aromatic rings. The number of ether oxygens (including phenoxy) is 1. The third-order valence-electron chi connectivity index (χ3n) is 1.80. The molecule has 0 radical (unpaired) electrons. The van der Waals surface area contributed by atoms with Crippen molar-refractivity contribution in [3.63, 3.8) is 0 Å². The summed E-state index contributed by atoms with van der Waals surface area (Å²) in [5, 5.41) is 9.53. The minimum Gasteiger partial charge on any atom is -0.461 e. The third-order valence-corrected chi connectivity index (χ3v) is 2.73. The van der Waals surface area contributed by atoms with Crippen LogP contribution in [0.1, 0.15) is 27.2 Å². The number of aliphatic hydroxyl groups is 1. The minimum atomic E-state index is -1.20. The van der Waals surface area contributed by atoms with E-state index < -0.39 is 18.1 Å². The number of thioether (sulfide) groups is 1. The molecule has 0 aliphatic rings. The summed E-state index contributed by atoms with van der Waals surface area (Å²) in [6.07, 6.45) is -0.804. The Labute approximate surface area is 95.6 Å². The van der Waals surface area contributed by atoms with Gasteiger partial charge < -0.3 is 15.6 Å². The number of esters is 1. The maximum Gasteiger partial charge on any atom is 0.336 e. The van der Waals surface area contributed by atoms with Gasteiger partial charge >= 0.3 is 5.97 Å². The van der Waals surface area contributed by atoms with Crippen LogP contribution in [-0.2, 0) is 9.53 Å². The van der Waals surface area contributed by atoms with Crippen LogP contribution >= 0.6 is 11.8 Å². The summed E-state index contributed by atoms with van der Waals surface area (Å²) < 4.78 is 4.86. The number of hydrogen-bond acceptors (Lipinski definition) is 5. The van der Waals surface area contributed by atoms with E-state index in [1.54, 1.807) is 25.6 Å². The second kappa shape index (κ2) is 7.96.